The molecule has 0 radical (unpaired) electrons. The van der Waals surface area contributed by atoms with Crippen molar-refractivity contribution in [2.75, 3.05) is 6.61 Å². The second-order valence-corrected chi connectivity index (χ2v) is 5.48. The van der Waals surface area contributed by atoms with Gasteiger partial charge < -0.3 is 9.63 Å². The van der Waals surface area contributed by atoms with Gasteiger partial charge in [-0.15, -0.1) is 0 Å². The largest absolute Gasteiger partial charge is 0.396 e. The molecule has 3 aromatic rings. The molecule has 0 saturated heterocycles. The fraction of sp³-hybridized carbons (Fsp3) is 0.211. The molecular formula is C19H18N2O3. The minimum absolute atomic E-state index is 0.0198. The Hall–Kier alpha value is -2.79. The maximum absolute atomic E-state index is 12.6. The number of carbonyl (C=O) groups excluding carboxylic acids is 1. The van der Waals surface area contributed by atoms with Crippen molar-refractivity contribution in [3.05, 3.63) is 83.5 Å². The Morgan fingerprint density at radius 3 is 2.38 bits per heavy atom. The van der Waals surface area contributed by atoms with E-state index in [0.29, 0.717) is 23.7 Å². The molecule has 3 rings (SSSR count). The maximum atomic E-state index is 12.6. The number of aromatic nitrogens is 2. The number of aliphatic hydroxyl groups excluding tert-OH is 1. The SMILES string of the molecule is O=C(CC(c1ccccc1)c1nc(CCO)no1)c1ccccc1. The third kappa shape index (κ3) is 3.75. The number of rotatable bonds is 7. The second kappa shape index (κ2) is 7.66. The van der Waals surface area contributed by atoms with Crippen molar-refractivity contribution >= 4 is 5.78 Å². The van der Waals surface area contributed by atoms with Crippen molar-refractivity contribution in [2.45, 2.75) is 18.8 Å². The van der Waals surface area contributed by atoms with Crippen LogP contribution < -0.4 is 0 Å². The number of ketones is 1. The van der Waals surface area contributed by atoms with Gasteiger partial charge in [-0.05, 0) is 5.56 Å². The average Bonchev–Trinajstić information content (AvgIpc) is 3.09. The first kappa shape index (κ1) is 16.1. The Bertz CT molecular complexity index is 785. The molecule has 2 aromatic carbocycles. The highest BCUT2D eigenvalue weighted by Crippen LogP contribution is 2.28. The number of Topliss-reactive ketones (excluding diaryl/α,β-unsaturated/α-hetero) is 1. The molecule has 0 bridgehead atoms. The fourth-order valence-corrected chi connectivity index (χ4v) is 2.57. The average molecular weight is 322 g/mol. The summed E-state index contributed by atoms with van der Waals surface area (Å²) in [5.41, 5.74) is 1.61. The predicted octanol–water partition coefficient (Wildman–Crippen LogP) is 3.01. The molecule has 1 N–H and O–H groups in total. The molecule has 1 heterocycles. The van der Waals surface area contributed by atoms with E-state index in [-0.39, 0.29) is 24.7 Å². The van der Waals surface area contributed by atoms with Crippen molar-refractivity contribution in [3.63, 3.8) is 0 Å². The molecule has 1 unspecified atom stereocenters. The van der Waals surface area contributed by atoms with Crippen LogP contribution in [0.15, 0.2) is 65.2 Å². The fourth-order valence-electron chi connectivity index (χ4n) is 2.57. The van der Waals surface area contributed by atoms with Gasteiger partial charge in [0.2, 0.25) is 5.89 Å². The van der Waals surface area contributed by atoms with Gasteiger partial charge in [0.15, 0.2) is 11.6 Å². The lowest BCUT2D eigenvalue weighted by molar-refractivity contribution is 0.0973. The molecule has 1 aromatic heterocycles. The van der Waals surface area contributed by atoms with Gasteiger partial charge >= 0.3 is 0 Å². The monoisotopic (exact) mass is 322 g/mol. The number of nitrogens with zero attached hydrogens (tertiary/aromatic N) is 2. The van der Waals surface area contributed by atoms with Gasteiger partial charge in [0.05, 0.1) is 12.5 Å². The highest BCUT2D eigenvalue weighted by molar-refractivity contribution is 5.96. The van der Waals surface area contributed by atoms with Crippen LogP contribution in [0.3, 0.4) is 0 Å². The molecule has 0 saturated carbocycles. The summed E-state index contributed by atoms with van der Waals surface area (Å²) in [5.74, 6) is 0.555. The predicted molar refractivity (Wildman–Crippen MR) is 88.8 cm³/mol. The van der Waals surface area contributed by atoms with E-state index in [2.05, 4.69) is 10.1 Å². The zero-order chi connectivity index (χ0) is 16.8. The Balaban J connectivity index is 1.89. The van der Waals surface area contributed by atoms with Crippen LogP contribution in [0.1, 0.15) is 40.0 Å². The third-order valence-electron chi connectivity index (χ3n) is 3.80. The van der Waals surface area contributed by atoms with E-state index < -0.39 is 0 Å². The van der Waals surface area contributed by atoms with Gasteiger partial charge in [-0.25, -0.2) is 0 Å². The minimum atomic E-state index is -0.307. The molecular weight excluding hydrogens is 304 g/mol. The van der Waals surface area contributed by atoms with E-state index in [1.807, 2.05) is 48.5 Å². The smallest absolute Gasteiger partial charge is 0.234 e. The first-order valence-electron chi connectivity index (χ1n) is 7.84. The molecule has 0 amide bonds. The maximum Gasteiger partial charge on any atom is 0.234 e. The summed E-state index contributed by atoms with van der Waals surface area (Å²) in [6.07, 6.45) is 0.576. The summed E-state index contributed by atoms with van der Waals surface area (Å²) in [7, 11) is 0. The van der Waals surface area contributed by atoms with Crippen LogP contribution in [0.25, 0.3) is 0 Å². The Labute approximate surface area is 140 Å². The summed E-state index contributed by atoms with van der Waals surface area (Å²) in [5, 5.41) is 12.9. The van der Waals surface area contributed by atoms with E-state index >= 15 is 0 Å². The van der Waals surface area contributed by atoms with E-state index in [1.54, 1.807) is 12.1 Å². The summed E-state index contributed by atoms with van der Waals surface area (Å²) >= 11 is 0. The first-order chi connectivity index (χ1) is 11.8. The van der Waals surface area contributed by atoms with E-state index in [4.69, 9.17) is 9.63 Å². The van der Waals surface area contributed by atoms with Crippen molar-refractivity contribution in [1.29, 1.82) is 0 Å². The van der Waals surface area contributed by atoms with Crippen LogP contribution in [0.4, 0.5) is 0 Å². The topological polar surface area (TPSA) is 76.2 Å². The molecule has 122 valence electrons. The summed E-state index contributed by atoms with van der Waals surface area (Å²) < 4.78 is 5.35. The molecule has 1 atom stereocenters. The first-order valence-corrected chi connectivity index (χ1v) is 7.84. The Morgan fingerprint density at radius 2 is 1.71 bits per heavy atom. The van der Waals surface area contributed by atoms with Crippen LogP contribution in [-0.4, -0.2) is 27.6 Å². The second-order valence-electron chi connectivity index (χ2n) is 5.48. The molecule has 5 heteroatoms. The molecule has 5 nitrogen and oxygen atoms in total. The van der Waals surface area contributed by atoms with Gasteiger partial charge in [0.1, 0.15) is 0 Å². The molecule has 0 aliphatic carbocycles. The van der Waals surface area contributed by atoms with E-state index in [1.165, 1.54) is 0 Å². The lowest BCUT2D eigenvalue weighted by atomic mass is 9.91. The van der Waals surface area contributed by atoms with Crippen molar-refractivity contribution < 1.29 is 14.4 Å². The molecule has 0 spiro atoms. The van der Waals surface area contributed by atoms with Gasteiger partial charge in [0, 0.05) is 18.4 Å². The quantitative estimate of drug-likeness (QED) is 0.677. The standard InChI is InChI=1S/C19H18N2O3/c22-12-11-18-20-19(24-21-18)16(14-7-3-1-4-8-14)13-17(23)15-9-5-2-6-10-15/h1-10,16,22H,11-13H2. The lowest BCUT2D eigenvalue weighted by Gasteiger charge is -2.12. The van der Waals surface area contributed by atoms with Crippen LogP contribution in [0.2, 0.25) is 0 Å². The van der Waals surface area contributed by atoms with Crippen molar-refractivity contribution in [2.24, 2.45) is 0 Å². The number of benzene rings is 2. The number of hydrogen-bond donors (Lipinski definition) is 1. The molecule has 0 fully saturated rings. The van der Waals surface area contributed by atoms with E-state index in [9.17, 15) is 4.79 Å². The van der Waals surface area contributed by atoms with Crippen molar-refractivity contribution in [3.8, 4) is 0 Å². The Kier molecular flexibility index (Phi) is 5.13. The van der Waals surface area contributed by atoms with Crippen LogP contribution >= 0.6 is 0 Å². The molecule has 24 heavy (non-hydrogen) atoms. The van der Waals surface area contributed by atoms with Gasteiger partial charge in [-0.2, -0.15) is 4.98 Å². The van der Waals surface area contributed by atoms with Crippen LogP contribution in [0.5, 0.6) is 0 Å². The van der Waals surface area contributed by atoms with E-state index in [0.717, 1.165) is 5.56 Å². The third-order valence-corrected chi connectivity index (χ3v) is 3.80. The number of aliphatic hydroxyl groups is 1. The Morgan fingerprint density at radius 1 is 1.04 bits per heavy atom. The minimum Gasteiger partial charge on any atom is -0.396 e. The highest BCUT2D eigenvalue weighted by atomic mass is 16.5. The summed E-state index contributed by atoms with van der Waals surface area (Å²) in [6, 6.07) is 18.8. The number of carbonyl (C=O) groups is 1. The zero-order valence-electron chi connectivity index (χ0n) is 13.1. The zero-order valence-corrected chi connectivity index (χ0v) is 13.1. The van der Waals surface area contributed by atoms with Gasteiger partial charge in [-0.1, -0.05) is 65.8 Å². The summed E-state index contributed by atoms with van der Waals surface area (Å²) in [4.78, 5) is 16.9. The van der Waals surface area contributed by atoms with Crippen LogP contribution in [0, 0.1) is 0 Å². The number of hydrogen-bond acceptors (Lipinski definition) is 5. The molecule has 0 aliphatic rings. The molecule has 0 aliphatic heterocycles. The lowest BCUT2D eigenvalue weighted by Crippen LogP contribution is -2.10. The van der Waals surface area contributed by atoms with Gasteiger partial charge in [0.25, 0.3) is 0 Å². The van der Waals surface area contributed by atoms with Crippen LogP contribution in [-0.2, 0) is 6.42 Å². The normalized spacial score (nSPS) is 12.0. The van der Waals surface area contributed by atoms with Crippen molar-refractivity contribution in [1.82, 2.24) is 10.1 Å². The summed E-state index contributed by atoms with van der Waals surface area (Å²) in [6.45, 7) is -0.0437. The highest BCUT2D eigenvalue weighted by Gasteiger charge is 2.24. The van der Waals surface area contributed by atoms with Gasteiger partial charge in [-0.3, -0.25) is 4.79 Å².